The minimum absolute atomic E-state index is 0.150. The summed E-state index contributed by atoms with van der Waals surface area (Å²) in [7, 11) is -3.73. The lowest BCUT2D eigenvalue weighted by Crippen LogP contribution is -2.14. The molecule has 9 heteroatoms. The first-order chi connectivity index (χ1) is 9.97. The van der Waals surface area contributed by atoms with Gasteiger partial charge in [-0.2, -0.15) is 8.75 Å². The molecule has 108 valence electrons. The number of hydrogen-bond donors (Lipinski definition) is 1. The zero-order valence-corrected chi connectivity index (χ0v) is 15.1. The van der Waals surface area contributed by atoms with Gasteiger partial charge in [0.15, 0.2) is 0 Å². The van der Waals surface area contributed by atoms with E-state index in [1.165, 1.54) is 6.07 Å². The highest BCUT2D eigenvalue weighted by Gasteiger charge is 2.20. The quantitative estimate of drug-likeness (QED) is 0.656. The van der Waals surface area contributed by atoms with E-state index in [4.69, 9.17) is 0 Å². The van der Waals surface area contributed by atoms with Crippen molar-refractivity contribution >= 4 is 70.3 Å². The maximum Gasteiger partial charge on any atom is 0.263 e. The molecule has 0 saturated carbocycles. The Hall–Kier alpha value is -1.03. The number of fused-ring (bicyclic) bond motifs is 1. The van der Waals surface area contributed by atoms with Crippen molar-refractivity contribution in [2.45, 2.75) is 4.90 Å². The van der Waals surface area contributed by atoms with Gasteiger partial charge < -0.3 is 0 Å². The topological polar surface area (TPSA) is 72.0 Å². The number of rotatable bonds is 3. The molecule has 0 aliphatic rings. The average Bonchev–Trinajstić information content (AvgIpc) is 2.90. The monoisotopic (exact) mass is 447 g/mol. The summed E-state index contributed by atoms with van der Waals surface area (Å²) < 4.78 is 37.0. The van der Waals surface area contributed by atoms with Gasteiger partial charge in [0, 0.05) is 8.95 Å². The van der Waals surface area contributed by atoms with Crippen LogP contribution in [-0.2, 0) is 10.0 Å². The Morgan fingerprint density at radius 2 is 1.90 bits per heavy atom. The molecule has 3 rings (SSSR count). The summed E-state index contributed by atoms with van der Waals surface area (Å²) >= 11 is 7.57. The number of anilines is 1. The summed E-state index contributed by atoms with van der Waals surface area (Å²) in [5.41, 5.74) is 1.61. The number of sulfonamides is 1. The summed E-state index contributed by atoms with van der Waals surface area (Å²) in [4.78, 5) is 0.150. The van der Waals surface area contributed by atoms with Crippen LogP contribution in [0.5, 0.6) is 0 Å². The fourth-order valence-corrected chi connectivity index (χ4v) is 4.89. The summed E-state index contributed by atoms with van der Waals surface area (Å²) in [5.74, 6) is 0. The van der Waals surface area contributed by atoms with Gasteiger partial charge in [-0.1, -0.05) is 22.0 Å². The van der Waals surface area contributed by atoms with E-state index in [-0.39, 0.29) is 4.90 Å². The summed E-state index contributed by atoms with van der Waals surface area (Å²) in [5, 5.41) is 0. The van der Waals surface area contributed by atoms with Crippen LogP contribution < -0.4 is 4.72 Å². The van der Waals surface area contributed by atoms with Gasteiger partial charge in [0.2, 0.25) is 0 Å². The van der Waals surface area contributed by atoms with Crippen molar-refractivity contribution in [3.63, 3.8) is 0 Å². The number of halogens is 2. The minimum atomic E-state index is -3.73. The van der Waals surface area contributed by atoms with Crippen molar-refractivity contribution in [2.24, 2.45) is 0 Å². The molecular formula is C12H7Br2N3O2S2. The molecule has 0 saturated heterocycles. The second-order valence-corrected chi connectivity index (χ2v) is 8.07. The van der Waals surface area contributed by atoms with E-state index in [1.54, 1.807) is 30.3 Å². The second kappa shape index (κ2) is 5.64. The van der Waals surface area contributed by atoms with Crippen LogP contribution in [0.1, 0.15) is 0 Å². The Labute approximate surface area is 142 Å². The maximum atomic E-state index is 12.5. The molecular weight excluding hydrogens is 442 g/mol. The van der Waals surface area contributed by atoms with Crippen LogP contribution in [0.2, 0.25) is 0 Å². The fraction of sp³-hybridized carbons (Fsp3) is 0. The Kier molecular flexibility index (Phi) is 4.00. The third kappa shape index (κ3) is 2.96. The molecule has 1 aromatic heterocycles. The molecule has 0 aliphatic heterocycles. The number of aromatic nitrogens is 2. The molecule has 1 N–H and O–H groups in total. The molecule has 0 bridgehead atoms. The molecule has 1 heterocycles. The highest BCUT2D eigenvalue weighted by Crippen LogP contribution is 2.29. The van der Waals surface area contributed by atoms with Gasteiger partial charge in [-0.05, 0) is 46.3 Å². The molecule has 5 nitrogen and oxygen atoms in total. The van der Waals surface area contributed by atoms with Crippen molar-refractivity contribution in [3.05, 3.63) is 45.3 Å². The van der Waals surface area contributed by atoms with E-state index < -0.39 is 10.0 Å². The van der Waals surface area contributed by atoms with E-state index in [0.29, 0.717) is 25.7 Å². The van der Waals surface area contributed by atoms with Gasteiger partial charge in [0.25, 0.3) is 10.0 Å². The lowest BCUT2D eigenvalue weighted by Gasteiger charge is -2.10. The Morgan fingerprint density at radius 3 is 2.71 bits per heavy atom. The summed E-state index contributed by atoms with van der Waals surface area (Å²) in [6.45, 7) is 0. The number of nitrogens with zero attached hydrogens (tertiary/aromatic N) is 2. The van der Waals surface area contributed by atoms with E-state index in [9.17, 15) is 8.42 Å². The van der Waals surface area contributed by atoms with Crippen molar-refractivity contribution < 1.29 is 8.42 Å². The Bertz CT molecular complexity index is 925. The van der Waals surface area contributed by atoms with E-state index in [0.717, 1.165) is 11.7 Å². The van der Waals surface area contributed by atoms with Gasteiger partial charge in [-0.15, -0.1) is 0 Å². The van der Waals surface area contributed by atoms with Crippen LogP contribution in [0.15, 0.2) is 50.2 Å². The first-order valence-electron chi connectivity index (χ1n) is 5.66. The predicted molar refractivity (Wildman–Crippen MR) is 90.1 cm³/mol. The highest BCUT2D eigenvalue weighted by atomic mass is 79.9. The third-order valence-corrected chi connectivity index (χ3v) is 6.11. The lowest BCUT2D eigenvalue weighted by atomic mass is 10.3. The van der Waals surface area contributed by atoms with E-state index >= 15 is 0 Å². The highest BCUT2D eigenvalue weighted by molar-refractivity contribution is 9.11. The van der Waals surface area contributed by atoms with Crippen LogP contribution in [0, 0.1) is 0 Å². The molecule has 2 aromatic carbocycles. The maximum absolute atomic E-state index is 12.5. The number of hydrogen-bond acceptors (Lipinski definition) is 5. The first kappa shape index (κ1) is 14.9. The minimum Gasteiger partial charge on any atom is -0.277 e. The van der Waals surface area contributed by atoms with Crippen molar-refractivity contribution in [1.82, 2.24) is 8.75 Å². The molecule has 0 spiro atoms. The third-order valence-electron chi connectivity index (χ3n) is 2.71. The predicted octanol–water partition coefficient (Wildman–Crippen LogP) is 4.02. The Morgan fingerprint density at radius 1 is 1.10 bits per heavy atom. The zero-order valence-electron chi connectivity index (χ0n) is 10.2. The molecule has 0 amide bonds. The van der Waals surface area contributed by atoms with Crippen LogP contribution in [0.25, 0.3) is 11.0 Å². The van der Waals surface area contributed by atoms with Crippen molar-refractivity contribution in [2.75, 3.05) is 4.72 Å². The van der Waals surface area contributed by atoms with Gasteiger partial charge >= 0.3 is 0 Å². The SMILES string of the molecule is O=S(=O)(Nc1cccc2nsnc12)c1cc(Br)ccc1Br. The standard InChI is InChI=1S/C12H7Br2N3O2S2/c13-7-4-5-8(14)11(6-7)21(18,19)17-10-3-1-2-9-12(10)16-20-15-9/h1-6,17H. The second-order valence-electron chi connectivity index (χ2n) is 4.12. The van der Waals surface area contributed by atoms with Gasteiger partial charge in [-0.3, -0.25) is 4.72 Å². The smallest absolute Gasteiger partial charge is 0.263 e. The summed E-state index contributed by atoms with van der Waals surface area (Å²) in [6.07, 6.45) is 0. The molecule has 21 heavy (non-hydrogen) atoms. The zero-order chi connectivity index (χ0) is 15.0. The fourth-order valence-electron chi connectivity index (χ4n) is 1.77. The molecule has 0 radical (unpaired) electrons. The van der Waals surface area contributed by atoms with Crippen LogP contribution in [0.3, 0.4) is 0 Å². The number of nitrogens with one attached hydrogen (secondary N) is 1. The van der Waals surface area contributed by atoms with E-state index in [1.807, 2.05) is 0 Å². The Balaban J connectivity index is 2.08. The van der Waals surface area contributed by atoms with Crippen LogP contribution >= 0.6 is 43.6 Å². The van der Waals surface area contributed by atoms with Gasteiger partial charge in [-0.25, -0.2) is 8.42 Å². The molecule has 0 unspecified atom stereocenters. The lowest BCUT2D eigenvalue weighted by molar-refractivity contribution is 0.600. The first-order valence-corrected chi connectivity index (χ1v) is 9.46. The summed E-state index contributed by atoms with van der Waals surface area (Å²) in [6, 6.07) is 10.1. The van der Waals surface area contributed by atoms with Crippen molar-refractivity contribution in [1.29, 1.82) is 0 Å². The molecule has 0 fully saturated rings. The average molecular weight is 449 g/mol. The molecule has 0 aliphatic carbocycles. The van der Waals surface area contributed by atoms with Crippen LogP contribution in [0.4, 0.5) is 5.69 Å². The number of benzene rings is 2. The van der Waals surface area contributed by atoms with Gasteiger partial charge in [0.1, 0.15) is 15.9 Å². The molecule has 0 atom stereocenters. The largest absolute Gasteiger partial charge is 0.277 e. The van der Waals surface area contributed by atoms with Crippen LogP contribution in [-0.4, -0.2) is 17.2 Å². The molecule has 3 aromatic rings. The normalized spacial score (nSPS) is 11.7. The van der Waals surface area contributed by atoms with E-state index in [2.05, 4.69) is 45.3 Å². The van der Waals surface area contributed by atoms with Gasteiger partial charge in [0.05, 0.1) is 17.4 Å². The van der Waals surface area contributed by atoms with Crippen molar-refractivity contribution in [3.8, 4) is 0 Å².